The maximum Gasteiger partial charge on any atom is 0.213 e. The summed E-state index contributed by atoms with van der Waals surface area (Å²) >= 11 is 0. The van der Waals surface area contributed by atoms with Crippen LogP contribution in [0.4, 0.5) is 10.2 Å². The summed E-state index contributed by atoms with van der Waals surface area (Å²) in [6.07, 6.45) is 4.71. The van der Waals surface area contributed by atoms with Crippen LogP contribution < -0.4 is 9.64 Å². The van der Waals surface area contributed by atoms with Crippen molar-refractivity contribution >= 4 is 11.6 Å². The molecule has 3 aliphatic rings. The normalized spacial score (nSPS) is 20.2. The van der Waals surface area contributed by atoms with Crippen molar-refractivity contribution in [2.45, 2.75) is 78.8 Å². The second-order valence-corrected chi connectivity index (χ2v) is 13.1. The van der Waals surface area contributed by atoms with Crippen molar-refractivity contribution in [1.82, 2.24) is 19.7 Å². The molecular weight excluding hydrogens is 545 g/mol. The lowest BCUT2D eigenvalue weighted by Crippen LogP contribution is -2.27. The summed E-state index contributed by atoms with van der Waals surface area (Å²) in [7, 11) is 0. The van der Waals surface area contributed by atoms with Crippen LogP contribution in [-0.4, -0.2) is 36.2 Å². The van der Waals surface area contributed by atoms with E-state index in [2.05, 4.69) is 21.0 Å². The van der Waals surface area contributed by atoms with Gasteiger partial charge in [-0.1, -0.05) is 0 Å². The SMILES string of the molecule is CC(=O)[C@H]1[C@@H]2Cc3cc(OCc4cc(-c5ccc(N6Cc7cn(CC(C)(C)O)nc7C6)nc5C)c(C)cc4F)ncc3[C@@H]21. The van der Waals surface area contributed by atoms with Gasteiger partial charge in [0.05, 0.1) is 24.4 Å². The van der Waals surface area contributed by atoms with Gasteiger partial charge < -0.3 is 14.7 Å². The highest BCUT2D eigenvalue weighted by molar-refractivity contribution is 5.84. The summed E-state index contributed by atoms with van der Waals surface area (Å²) in [6.45, 7) is 11.0. The molecule has 3 atom stereocenters. The van der Waals surface area contributed by atoms with E-state index in [9.17, 15) is 9.90 Å². The number of aryl methyl sites for hydroxylation is 2. The number of aromatic nitrogens is 4. The largest absolute Gasteiger partial charge is 0.473 e. The van der Waals surface area contributed by atoms with Crippen LogP contribution in [0.2, 0.25) is 0 Å². The third kappa shape index (κ3) is 5.09. The Morgan fingerprint density at radius 2 is 1.95 bits per heavy atom. The highest BCUT2D eigenvalue weighted by atomic mass is 19.1. The Hall–Kier alpha value is -4.11. The van der Waals surface area contributed by atoms with Crippen molar-refractivity contribution in [2.24, 2.45) is 11.8 Å². The van der Waals surface area contributed by atoms with Gasteiger partial charge in [0.15, 0.2) is 0 Å². The molecule has 0 saturated heterocycles. The number of carbonyl (C=O) groups excluding carboxylic acids is 1. The highest BCUT2D eigenvalue weighted by Gasteiger charge is 2.58. The molecule has 8 nitrogen and oxygen atoms in total. The number of ketones is 1. The number of anilines is 1. The van der Waals surface area contributed by atoms with Gasteiger partial charge in [-0.2, -0.15) is 5.10 Å². The Morgan fingerprint density at radius 3 is 2.67 bits per heavy atom. The Balaban J connectivity index is 1.05. The standard InChI is InChI=1S/C34H36FN5O3/c1-18-8-28(35)22(16-43-31-11-21-9-26-32(20(3)41)33(26)27(21)12-36-31)10-25(18)24-6-7-30(37-19(24)2)39-13-23-14-40(17-34(4,5)42)38-29(23)15-39/h6-8,10-12,14,26,32-33,42H,9,13,15-17H2,1-5H3/t26-,32-,33+/m0/s1. The lowest BCUT2D eigenvalue weighted by atomic mass is 9.97. The number of hydrogen-bond donors (Lipinski definition) is 1. The first-order chi connectivity index (χ1) is 20.4. The maximum absolute atomic E-state index is 15.1. The van der Waals surface area contributed by atoms with E-state index in [1.165, 1.54) is 5.56 Å². The number of halogens is 1. The van der Waals surface area contributed by atoms with Gasteiger partial charge in [-0.15, -0.1) is 0 Å². The van der Waals surface area contributed by atoms with Crippen molar-refractivity contribution in [1.29, 1.82) is 0 Å². The van der Waals surface area contributed by atoms with E-state index >= 15 is 4.39 Å². The molecule has 0 spiro atoms. The van der Waals surface area contributed by atoms with Crippen LogP contribution in [-0.2, 0) is 37.5 Å². The third-order valence-corrected chi connectivity index (χ3v) is 9.08. The zero-order valence-electron chi connectivity index (χ0n) is 25.2. The first-order valence-electron chi connectivity index (χ1n) is 14.9. The minimum Gasteiger partial charge on any atom is -0.473 e. The number of fused-ring (bicyclic) bond motifs is 4. The van der Waals surface area contributed by atoms with Gasteiger partial charge in [-0.05, 0) is 99.4 Å². The summed E-state index contributed by atoms with van der Waals surface area (Å²) in [5.41, 5.74) is 7.67. The summed E-state index contributed by atoms with van der Waals surface area (Å²) < 4.78 is 22.8. The number of Topliss-reactive ketones (excluding diaryl/α,β-unsaturated/α-hetero) is 1. The van der Waals surface area contributed by atoms with Crippen molar-refractivity contribution < 1.29 is 19.0 Å². The molecular formula is C34H36FN5O3. The van der Waals surface area contributed by atoms with E-state index in [-0.39, 0.29) is 24.1 Å². The van der Waals surface area contributed by atoms with E-state index < -0.39 is 5.60 Å². The van der Waals surface area contributed by atoms with Crippen LogP contribution in [0.1, 0.15) is 65.9 Å². The van der Waals surface area contributed by atoms with E-state index in [0.717, 1.165) is 51.4 Å². The molecule has 1 fully saturated rings. The van der Waals surface area contributed by atoms with Crippen molar-refractivity contribution in [3.05, 3.63) is 87.7 Å². The molecule has 1 aromatic carbocycles. The fourth-order valence-corrected chi connectivity index (χ4v) is 7.03. The van der Waals surface area contributed by atoms with Crippen LogP contribution in [0.3, 0.4) is 0 Å². The van der Waals surface area contributed by atoms with Crippen molar-refractivity contribution in [3.63, 3.8) is 0 Å². The Kier molecular flexibility index (Phi) is 6.43. The Morgan fingerprint density at radius 1 is 1.14 bits per heavy atom. The van der Waals surface area contributed by atoms with Gasteiger partial charge in [-0.25, -0.2) is 14.4 Å². The van der Waals surface area contributed by atoms with Gasteiger partial charge in [-0.3, -0.25) is 9.48 Å². The molecule has 0 amide bonds. The summed E-state index contributed by atoms with van der Waals surface area (Å²) in [5, 5.41) is 14.8. The smallest absolute Gasteiger partial charge is 0.213 e. The molecule has 4 heterocycles. The average molecular weight is 582 g/mol. The minimum absolute atomic E-state index is 0.0634. The monoisotopic (exact) mass is 581 g/mol. The molecule has 1 aliphatic heterocycles. The Labute approximate surface area is 250 Å². The van der Waals surface area contributed by atoms with E-state index in [1.54, 1.807) is 26.8 Å². The van der Waals surface area contributed by atoms with Crippen LogP contribution in [0.15, 0.2) is 42.7 Å². The number of ether oxygens (including phenoxy) is 1. The molecule has 3 aromatic heterocycles. The topological polar surface area (TPSA) is 93.4 Å². The zero-order chi connectivity index (χ0) is 30.2. The molecule has 2 aliphatic carbocycles. The van der Waals surface area contributed by atoms with Crippen molar-refractivity contribution in [2.75, 3.05) is 4.90 Å². The average Bonchev–Trinajstić information content (AvgIpc) is 3.15. The first-order valence-corrected chi connectivity index (χ1v) is 14.9. The summed E-state index contributed by atoms with van der Waals surface area (Å²) in [5.74, 6) is 2.13. The molecule has 9 heteroatoms. The molecule has 1 N–H and O–H groups in total. The number of pyridine rings is 2. The number of benzene rings is 1. The number of nitrogens with zero attached hydrogens (tertiary/aromatic N) is 5. The van der Waals surface area contributed by atoms with E-state index in [4.69, 9.17) is 9.72 Å². The van der Waals surface area contributed by atoms with Gasteiger partial charge in [0.2, 0.25) is 5.88 Å². The summed E-state index contributed by atoms with van der Waals surface area (Å²) in [6, 6.07) is 9.41. The molecule has 0 unspecified atom stereocenters. The highest BCUT2D eigenvalue weighted by Crippen LogP contribution is 2.61. The molecule has 0 bridgehead atoms. The molecule has 43 heavy (non-hydrogen) atoms. The number of aliphatic hydroxyl groups is 1. The van der Waals surface area contributed by atoms with Gasteiger partial charge >= 0.3 is 0 Å². The van der Waals surface area contributed by atoms with Gasteiger partial charge in [0, 0.05) is 53.3 Å². The number of carbonyl (C=O) groups is 1. The molecule has 4 aromatic rings. The third-order valence-electron chi connectivity index (χ3n) is 9.08. The minimum atomic E-state index is -0.820. The van der Waals surface area contributed by atoms with E-state index in [1.807, 2.05) is 49.1 Å². The Bertz CT molecular complexity index is 1750. The molecule has 1 saturated carbocycles. The van der Waals surface area contributed by atoms with Crippen LogP contribution in [0, 0.1) is 31.5 Å². The van der Waals surface area contributed by atoms with Crippen LogP contribution >= 0.6 is 0 Å². The van der Waals surface area contributed by atoms with Gasteiger partial charge in [0.25, 0.3) is 0 Å². The van der Waals surface area contributed by atoms with Crippen molar-refractivity contribution in [3.8, 4) is 17.0 Å². The lowest BCUT2D eigenvalue weighted by molar-refractivity contribution is -0.118. The fraction of sp³-hybridized carbons (Fsp3) is 0.412. The molecule has 222 valence electrons. The quantitative estimate of drug-likeness (QED) is 0.296. The first kappa shape index (κ1) is 27.7. The second-order valence-electron chi connectivity index (χ2n) is 13.1. The zero-order valence-corrected chi connectivity index (χ0v) is 25.2. The molecule has 0 radical (unpaired) electrons. The van der Waals surface area contributed by atoms with Crippen LogP contribution in [0.5, 0.6) is 5.88 Å². The second kappa shape index (κ2) is 9.98. The lowest BCUT2D eigenvalue weighted by Gasteiger charge is -2.20. The fourth-order valence-electron chi connectivity index (χ4n) is 7.03. The molecule has 7 rings (SSSR count). The van der Waals surface area contributed by atoms with E-state index in [0.29, 0.717) is 42.9 Å². The summed E-state index contributed by atoms with van der Waals surface area (Å²) in [4.78, 5) is 23.4. The number of rotatable bonds is 8. The van der Waals surface area contributed by atoms with Crippen LogP contribution in [0.25, 0.3) is 11.1 Å². The number of hydrogen-bond acceptors (Lipinski definition) is 7. The van der Waals surface area contributed by atoms with Gasteiger partial charge in [0.1, 0.15) is 24.0 Å². The maximum atomic E-state index is 15.1. The predicted molar refractivity (Wildman–Crippen MR) is 160 cm³/mol. The predicted octanol–water partition coefficient (Wildman–Crippen LogP) is 5.44.